The highest BCUT2D eigenvalue weighted by atomic mass is 79.9. The molecule has 9 nitrogen and oxygen atoms in total. The fourth-order valence-electron chi connectivity index (χ4n) is 6.75. The van der Waals surface area contributed by atoms with Gasteiger partial charge in [-0.1, -0.05) is 24.3 Å². The van der Waals surface area contributed by atoms with Crippen molar-refractivity contribution in [3.8, 4) is 0 Å². The van der Waals surface area contributed by atoms with Crippen LogP contribution >= 0.6 is 31.9 Å². The standard InChI is InChI=1S/C31H39Br2N5O4/c1-35(2)24-10-14-36(15-11-24)31(13-18-39)20-25(37-16-9-23-5-3-4-6-28(23)34-29(37)40)12-17-38(31)30(41)42-21-22-7-8-26(32)27(33)19-22/h3-8,18-19,24-25H,9-17,20-21H2,1-2H3,(H,34,40)/t25-,31+/m1/s1. The first-order chi connectivity index (χ1) is 20.2. The van der Waals surface area contributed by atoms with Gasteiger partial charge in [0.15, 0.2) is 0 Å². The zero-order valence-corrected chi connectivity index (χ0v) is 27.4. The molecular weight excluding hydrogens is 666 g/mol. The van der Waals surface area contributed by atoms with E-state index in [4.69, 9.17) is 4.74 Å². The summed E-state index contributed by atoms with van der Waals surface area (Å²) in [6, 6.07) is 13.8. The summed E-state index contributed by atoms with van der Waals surface area (Å²) in [6.45, 7) is 2.61. The molecule has 2 saturated heterocycles. The van der Waals surface area contributed by atoms with Gasteiger partial charge in [-0.2, -0.15) is 0 Å². The van der Waals surface area contributed by atoms with E-state index in [1.165, 1.54) is 0 Å². The van der Waals surface area contributed by atoms with Crippen LogP contribution in [-0.2, 0) is 22.6 Å². The summed E-state index contributed by atoms with van der Waals surface area (Å²) in [4.78, 5) is 47.9. The van der Waals surface area contributed by atoms with E-state index in [2.05, 4.69) is 61.1 Å². The molecule has 226 valence electrons. The first kappa shape index (κ1) is 31.0. The van der Waals surface area contributed by atoms with E-state index in [1.54, 1.807) is 4.90 Å². The highest BCUT2D eigenvalue weighted by Crippen LogP contribution is 2.39. The van der Waals surface area contributed by atoms with Crippen LogP contribution in [-0.4, -0.2) is 96.0 Å². The van der Waals surface area contributed by atoms with Crippen LogP contribution in [0.25, 0.3) is 0 Å². The zero-order valence-electron chi connectivity index (χ0n) is 24.2. The van der Waals surface area contributed by atoms with Gasteiger partial charge < -0.3 is 24.6 Å². The van der Waals surface area contributed by atoms with E-state index in [1.807, 2.05) is 47.4 Å². The fourth-order valence-corrected chi connectivity index (χ4v) is 7.42. The van der Waals surface area contributed by atoms with Crippen molar-refractivity contribution in [3.05, 3.63) is 62.5 Å². The van der Waals surface area contributed by atoms with Gasteiger partial charge in [-0.25, -0.2) is 9.59 Å². The number of aldehydes is 1. The van der Waals surface area contributed by atoms with Crippen LogP contribution in [0.4, 0.5) is 15.3 Å². The molecule has 0 unspecified atom stereocenters. The van der Waals surface area contributed by atoms with E-state index in [0.717, 1.165) is 64.4 Å². The van der Waals surface area contributed by atoms with Gasteiger partial charge in [0.2, 0.25) is 0 Å². The number of hydrogen-bond donors (Lipinski definition) is 1. The molecule has 0 bridgehead atoms. The second kappa shape index (κ2) is 13.4. The number of nitrogens with one attached hydrogen (secondary N) is 1. The molecule has 3 aliphatic rings. The number of ether oxygens (including phenoxy) is 1. The van der Waals surface area contributed by atoms with Crippen molar-refractivity contribution in [2.24, 2.45) is 0 Å². The third-order valence-electron chi connectivity index (χ3n) is 9.09. The second-order valence-corrected chi connectivity index (χ2v) is 13.4. The number of likely N-dealkylation sites (tertiary alicyclic amines) is 2. The molecule has 0 aromatic heterocycles. The predicted molar refractivity (Wildman–Crippen MR) is 169 cm³/mol. The molecule has 2 aromatic carbocycles. The molecule has 42 heavy (non-hydrogen) atoms. The Kier molecular flexibility index (Phi) is 9.92. The van der Waals surface area contributed by atoms with E-state index < -0.39 is 11.8 Å². The SMILES string of the molecule is CN(C)C1CCN([C@]2(CC=O)C[C@H](N3CCc4ccccc4NC3=O)CCN2C(=O)OCc2ccc(Br)c(Br)c2)CC1. The third-order valence-corrected chi connectivity index (χ3v) is 11.0. The number of anilines is 1. The predicted octanol–water partition coefficient (Wildman–Crippen LogP) is 5.71. The van der Waals surface area contributed by atoms with Crippen molar-refractivity contribution in [2.45, 2.75) is 62.9 Å². The van der Waals surface area contributed by atoms with Gasteiger partial charge in [-0.05, 0) is 101 Å². The maximum atomic E-state index is 13.8. The number of carbonyl (C=O) groups is 3. The number of rotatable bonds is 7. The maximum Gasteiger partial charge on any atom is 0.411 e. The second-order valence-electron chi connectivity index (χ2n) is 11.7. The van der Waals surface area contributed by atoms with Gasteiger partial charge in [0, 0.05) is 65.7 Å². The number of carbonyl (C=O) groups excluding carboxylic acids is 3. The molecule has 11 heteroatoms. The van der Waals surface area contributed by atoms with Gasteiger partial charge in [0.25, 0.3) is 0 Å². The van der Waals surface area contributed by atoms with E-state index >= 15 is 0 Å². The number of halogens is 2. The first-order valence-corrected chi connectivity index (χ1v) is 16.2. The summed E-state index contributed by atoms with van der Waals surface area (Å²) >= 11 is 7.00. The third kappa shape index (κ3) is 6.54. The lowest BCUT2D eigenvalue weighted by atomic mass is 9.84. The number of urea groups is 1. The van der Waals surface area contributed by atoms with Gasteiger partial charge in [-0.15, -0.1) is 0 Å². The lowest BCUT2D eigenvalue weighted by Crippen LogP contribution is -2.69. The number of nitrogens with zero attached hydrogens (tertiary/aromatic N) is 4. The van der Waals surface area contributed by atoms with E-state index in [9.17, 15) is 14.4 Å². The molecule has 1 N–H and O–H groups in total. The fraction of sp³-hybridized carbons (Fsp3) is 0.516. The number of piperidine rings is 2. The summed E-state index contributed by atoms with van der Waals surface area (Å²) < 4.78 is 7.69. The Labute approximate surface area is 264 Å². The molecule has 3 aliphatic heterocycles. The van der Waals surface area contributed by atoms with Crippen LogP contribution in [0.15, 0.2) is 51.4 Å². The van der Waals surface area contributed by atoms with Crippen molar-refractivity contribution in [1.82, 2.24) is 19.6 Å². The van der Waals surface area contributed by atoms with E-state index in [0.29, 0.717) is 32.0 Å². The molecule has 0 aliphatic carbocycles. The van der Waals surface area contributed by atoms with E-state index in [-0.39, 0.29) is 25.1 Å². The molecule has 3 amide bonds. The van der Waals surface area contributed by atoms with Gasteiger partial charge in [0.1, 0.15) is 18.6 Å². The van der Waals surface area contributed by atoms with Crippen LogP contribution in [0, 0.1) is 0 Å². The minimum absolute atomic E-state index is 0.122. The Bertz CT molecular complexity index is 1300. The summed E-state index contributed by atoms with van der Waals surface area (Å²) in [6.07, 6.45) is 4.36. The lowest BCUT2D eigenvalue weighted by Gasteiger charge is -2.56. The minimum Gasteiger partial charge on any atom is -0.445 e. The van der Waals surface area contributed by atoms with Crippen LogP contribution < -0.4 is 5.32 Å². The van der Waals surface area contributed by atoms with Crippen molar-refractivity contribution < 1.29 is 19.1 Å². The molecule has 2 aromatic rings. The van der Waals surface area contributed by atoms with Crippen LogP contribution in [0.3, 0.4) is 0 Å². The zero-order chi connectivity index (χ0) is 29.9. The number of benzene rings is 2. The normalized spacial score (nSPS) is 23.7. The highest BCUT2D eigenvalue weighted by Gasteiger charge is 2.51. The smallest absolute Gasteiger partial charge is 0.411 e. The quantitative estimate of drug-likeness (QED) is 0.372. The Balaban J connectivity index is 1.40. The van der Waals surface area contributed by atoms with Crippen molar-refractivity contribution in [2.75, 3.05) is 45.6 Å². The molecule has 2 atom stereocenters. The molecule has 2 fully saturated rings. The topological polar surface area (TPSA) is 85.4 Å². The Morgan fingerprint density at radius 2 is 1.83 bits per heavy atom. The number of para-hydroxylation sites is 1. The largest absolute Gasteiger partial charge is 0.445 e. The van der Waals surface area contributed by atoms with Crippen molar-refractivity contribution >= 4 is 56.0 Å². The number of amides is 3. The summed E-state index contributed by atoms with van der Waals surface area (Å²) in [5, 5.41) is 3.09. The maximum absolute atomic E-state index is 13.8. The lowest BCUT2D eigenvalue weighted by molar-refractivity contribution is -0.128. The molecule has 0 spiro atoms. The Hall–Kier alpha value is -2.47. The summed E-state index contributed by atoms with van der Waals surface area (Å²) in [5.41, 5.74) is 1.94. The highest BCUT2D eigenvalue weighted by molar-refractivity contribution is 9.13. The van der Waals surface area contributed by atoms with Crippen LogP contribution in [0.5, 0.6) is 0 Å². The molecule has 0 radical (unpaired) electrons. The van der Waals surface area contributed by atoms with Gasteiger partial charge >= 0.3 is 12.1 Å². The summed E-state index contributed by atoms with van der Waals surface area (Å²) in [7, 11) is 4.19. The molecule has 0 saturated carbocycles. The molecule has 5 rings (SSSR count). The number of fused-ring (bicyclic) bond motifs is 1. The van der Waals surface area contributed by atoms with Crippen molar-refractivity contribution in [1.29, 1.82) is 0 Å². The van der Waals surface area contributed by atoms with Crippen LogP contribution in [0.1, 0.15) is 43.2 Å². The Morgan fingerprint density at radius 1 is 1.07 bits per heavy atom. The average molecular weight is 705 g/mol. The molecule has 3 heterocycles. The van der Waals surface area contributed by atoms with Gasteiger partial charge in [0.05, 0.1) is 0 Å². The monoisotopic (exact) mass is 703 g/mol. The average Bonchev–Trinajstić information content (AvgIpc) is 3.15. The minimum atomic E-state index is -0.876. The Morgan fingerprint density at radius 3 is 2.55 bits per heavy atom. The van der Waals surface area contributed by atoms with Crippen molar-refractivity contribution in [3.63, 3.8) is 0 Å². The van der Waals surface area contributed by atoms with Crippen LogP contribution in [0.2, 0.25) is 0 Å². The summed E-state index contributed by atoms with van der Waals surface area (Å²) in [5.74, 6) is 0. The van der Waals surface area contributed by atoms with Gasteiger partial charge in [-0.3, -0.25) is 9.80 Å². The molecular formula is C31H39Br2N5O4. The first-order valence-electron chi connectivity index (χ1n) is 14.6. The number of hydrogen-bond acceptors (Lipinski definition) is 6.